The fourth-order valence-electron chi connectivity index (χ4n) is 0.835. The minimum Gasteiger partial charge on any atom is -0.192 e. The molecule has 0 radical (unpaired) electrons. The fourth-order valence-corrected chi connectivity index (χ4v) is 3.31. The van der Waals surface area contributed by atoms with Crippen LogP contribution in [0.3, 0.4) is 0 Å². The van der Waals surface area contributed by atoms with E-state index in [9.17, 15) is 0 Å². The summed E-state index contributed by atoms with van der Waals surface area (Å²) in [4.78, 5) is 0. The number of hydrogen-bond donors (Lipinski definition) is 0. The summed E-state index contributed by atoms with van der Waals surface area (Å²) < 4.78 is 4.89. The van der Waals surface area contributed by atoms with Gasteiger partial charge in [0.05, 0.1) is 0 Å². The molecule has 0 N–H and O–H groups in total. The second-order valence-electron chi connectivity index (χ2n) is 3.28. The second-order valence-corrected chi connectivity index (χ2v) is 5.77. The van der Waals surface area contributed by atoms with Crippen molar-refractivity contribution in [2.75, 3.05) is 5.75 Å². The molecule has 0 amide bonds. The van der Waals surface area contributed by atoms with Crippen molar-refractivity contribution in [3.05, 3.63) is 10.7 Å². The van der Waals surface area contributed by atoms with E-state index in [1.165, 1.54) is 11.5 Å². The molecule has 0 aliphatic carbocycles. The predicted octanol–water partition coefficient (Wildman–Crippen LogP) is 3.81. The van der Waals surface area contributed by atoms with E-state index < -0.39 is 0 Å². The molecule has 1 heterocycles. The zero-order valence-corrected chi connectivity index (χ0v) is 10.5. The van der Waals surface area contributed by atoms with E-state index in [4.69, 9.17) is 16.9 Å². The Morgan fingerprint density at radius 3 is 2.93 bits per heavy atom. The molecule has 0 unspecified atom stereocenters. The zero-order chi connectivity index (χ0) is 10.6. The predicted molar refractivity (Wildman–Crippen MR) is 62.0 cm³/mol. The summed E-state index contributed by atoms with van der Waals surface area (Å²) in [7, 11) is 0. The van der Waals surface area contributed by atoms with Crippen LogP contribution >= 0.6 is 34.9 Å². The first-order chi connectivity index (χ1) is 6.65. The van der Waals surface area contributed by atoms with Gasteiger partial charge in [-0.2, -0.15) is 9.64 Å². The van der Waals surface area contributed by atoms with Gasteiger partial charge in [0, 0.05) is 0 Å². The summed E-state index contributed by atoms with van der Waals surface area (Å²) in [5.74, 6) is 1.71. The number of aromatic nitrogens is 1. The SMILES string of the molecule is CC(C)CCSc1snc(Cl)c1C#N. The third-order valence-corrected chi connectivity index (χ3v) is 4.16. The van der Waals surface area contributed by atoms with E-state index in [1.54, 1.807) is 11.8 Å². The first-order valence-corrected chi connectivity index (χ1v) is 6.47. The number of nitriles is 1. The normalized spacial score (nSPS) is 10.5. The van der Waals surface area contributed by atoms with Gasteiger partial charge in [0.2, 0.25) is 0 Å². The number of thioether (sulfide) groups is 1. The van der Waals surface area contributed by atoms with E-state index in [-0.39, 0.29) is 0 Å². The molecule has 0 aliphatic rings. The highest BCUT2D eigenvalue weighted by Gasteiger charge is 2.11. The Labute approximate surface area is 97.4 Å². The molecule has 5 heteroatoms. The Hall–Kier alpha value is -0.240. The standard InChI is InChI=1S/C9H11ClN2S2/c1-6(2)3-4-13-9-7(5-11)8(10)12-14-9/h6H,3-4H2,1-2H3. The van der Waals surface area contributed by atoms with Gasteiger partial charge in [-0.1, -0.05) is 25.4 Å². The van der Waals surface area contributed by atoms with Crippen LogP contribution in [0.2, 0.25) is 5.15 Å². The first kappa shape index (κ1) is 11.8. The first-order valence-electron chi connectivity index (χ1n) is 4.33. The van der Waals surface area contributed by atoms with Gasteiger partial charge >= 0.3 is 0 Å². The fraction of sp³-hybridized carbons (Fsp3) is 0.556. The van der Waals surface area contributed by atoms with Gasteiger partial charge < -0.3 is 0 Å². The molecule has 0 fully saturated rings. The van der Waals surface area contributed by atoms with Crippen LogP contribution in [-0.4, -0.2) is 10.1 Å². The monoisotopic (exact) mass is 246 g/mol. The average molecular weight is 247 g/mol. The van der Waals surface area contributed by atoms with Gasteiger partial charge in [0.25, 0.3) is 0 Å². The topological polar surface area (TPSA) is 36.7 Å². The summed E-state index contributed by atoms with van der Waals surface area (Å²) >= 11 is 8.73. The maximum atomic E-state index is 8.82. The van der Waals surface area contributed by atoms with Crippen molar-refractivity contribution >= 4 is 34.9 Å². The minimum atomic E-state index is 0.338. The molecule has 2 nitrogen and oxygen atoms in total. The van der Waals surface area contributed by atoms with Crippen molar-refractivity contribution < 1.29 is 0 Å². The van der Waals surface area contributed by atoms with Gasteiger partial charge in [0.15, 0.2) is 5.15 Å². The lowest BCUT2D eigenvalue weighted by Gasteiger charge is -2.01. The average Bonchev–Trinajstić information content (AvgIpc) is 2.46. The lowest BCUT2D eigenvalue weighted by atomic mass is 10.2. The summed E-state index contributed by atoms with van der Waals surface area (Å²) in [5.41, 5.74) is 0.533. The molecule has 0 saturated carbocycles. The largest absolute Gasteiger partial charge is 0.192 e. The molecule has 1 rings (SSSR count). The van der Waals surface area contributed by atoms with Crippen molar-refractivity contribution in [3.63, 3.8) is 0 Å². The molecule has 1 aromatic heterocycles. The van der Waals surface area contributed by atoms with E-state index >= 15 is 0 Å². The quantitative estimate of drug-likeness (QED) is 0.758. The smallest absolute Gasteiger partial charge is 0.161 e. The Morgan fingerprint density at radius 2 is 2.36 bits per heavy atom. The van der Waals surface area contributed by atoms with E-state index in [0.29, 0.717) is 16.6 Å². The number of halogens is 1. The molecular weight excluding hydrogens is 236 g/mol. The zero-order valence-electron chi connectivity index (χ0n) is 8.08. The Bertz CT molecular complexity index is 341. The van der Waals surface area contributed by atoms with E-state index in [0.717, 1.165) is 16.4 Å². The molecule has 0 aliphatic heterocycles. The molecular formula is C9H11ClN2S2. The van der Waals surface area contributed by atoms with Gasteiger partial charge in [-0.25, -0.2) is 0 Å². The molecule has 0 saturated heterocycles. The highest BCUT2D eigenvalue weighted by atomic mass is 35.5. The van der Waals surface area contributed by atoms with Crippen LogP contribution in [0, 0.1) is 17.2 Å². The van der Waals surface area contributed by atoms with Crippen LogP contribution in [-0.2, 0) is 0 Å². The molecule has 0 bridgehead atoms. The van der Waals surface area contributed by atoms with Gasteiger partial charge in [-0.05, 0) is 29.6 Å². The summed E-state index contributed by atoms with van der Waals surface area (Å²) in [6.45, 7) is 4.37. The van der Waals surface area contributed by atoms with Crippen molar-refractivity contribution in [2.45, 2.75) is 24.5 Å². The van der Waals surface area contributed by atoms with Crippen LogP contribution < -0.4 is 0 Å². The van der Waals surface area contributed by atoms with E-state index in [2.05, 4.69) is 24.3 Å². The highest BCUT2D eigenvalue weighted by Crippen LogP contribution is 2.32. The molecule has 14 heavy (non-hydrogen) atoms. The Balaban J connectivity index is 2.55. The van der Waals surface area contributed by atoms with Crippen LogP contribution in [0.5, 0.6) is 0 Å². The molecule has 0 aromatic carbocycles. The number of nitrogens with zero attached hydrogens (tertiary/aromatic N) is 2. The van der Waals surface area contributed by atoms with Gasteiger partial charge in [-0.15, -0.1) is 11.8 Å². The molecule has 0 spiro atoms. The lowest BCUT2D eigenvalue weighted by Crippen LogP contribution is -1.88. The van der Waals surface area contributed by atoms with Crippen LogP contribution in [0.25, 0.3) is 0 Å². The molecule has 76 valence electrons. The van der Waals surface area contributed by atoms with Gasteiger partial charge in [0.1, 0.15) is 15.8 Å². The van der Waals surface area contributed by atoms with Crippen molar-refractivity contribution in [1.29, 1.82) is 5.26 Å². The van der Waals surface area contributed by atoms with Crippen LogP contribution in [0.1, 0.15) is 25.8 Å². The minimum absolute atomic E-state index is 0.338. The molecule has 0 atom stereocenters. The van der Waals surface area contributed by atoms with Crippen molar-refractivity contribution in [2.24, 2.45) is 5.92 Å². The summed E-state index contributed by atoms with van der Waals surface area (Å²) in [5, 5.41) is 9.15. The second kappa shape index (κ2) is 5.59. The summed E-state index contributed by atoms with van der Waals surface area (Å²) in [6.07, 6.45) is 1.14. The van der Waals surface area contributed by atoms with Crippen molar-refractivity contribution in [3.8, 4) is 6.07 Å². The van der Waals surface area contributed by atoms with Gasteiger partial charge in [-0.3, -0.25) is 0 Å². The Morgan fingerprint density at radius 1 is 1.64 bits per heavy atom. The third kappa shape index (κ3) is 3.16. The van der Waals surface area contributed by atoms with Crippen LogP contribution in [0.15, 0.2) is 4.21 Å². The maximum absolute atomic E-state index is 8.82. The third-order valence-electron chi connectivity index (χ3n) is 1.66. The van der Waals surface area contributed by atoms with E-state index in [1.807, 2.05) is 0 Å². The summed E-state index contributed by atoms with van der Waals surface area (Å²) in [6, 6.07) is 2.08. The van der Waals surface area contributed by atoms with Crippen molar-refractivity contribution in [1.82, 2.24) is 4.37 Å². The number of rotatable bonds is 4. The highest BCUT2D eigenvalue weighted by molar-refractivity contribution is 8.01. The lowest BCUT2D eigenvalue weighted by molar-refractivity contribution is 0.632. The van der Waals surface area contributed by atoms with Crippen LogP contribution in [0.4, 0.5) is 0 Å². The molecule has 1 aromatic rings. The maximum Gasteiger partial charge on any atom is 0.161 e. The Kier molecular flexibility index (Phi) is 4.73. The number of hydrogen-bond acceptors (Lipinski definition) is 4.